The minimum Gasteiger partial charge on any atom is -0.356 e. The number of rotatable bonds is 3. The second-order valence-electron chi connectivity index (χ2n) is 3.15. The standard InChI is InChI=1S/C12H14N2O2/c1-13-11(15)8-5-9-3-6-10(7-4-9)12(16)14-2/h3-8H,1-2H3,(H,13,15)(H,14,16). The average Bonchev–Trinajstić information content (AvgIpc) is 2.35. The molecular formula is C12H14N2O2. The molecule has 0 saturated carbocycles. The molecule has 0 aromatic heterocycles. The van der Waals surface area contributed by atoms with Gasteiger partial charge in [-0.2, -0.15) is 0 Å². The van der Waals surface area contributed by atoms with Gasteiger partial charge < -0.3 is 10.6 Å². The molecule has 1 aromatic carbocycles. The summed E-state index contributed by atoms with van der Waals surface area (Å²) in [4.78, 5) is 22.2. The topological polar surface area (TPSA) is 58.2 Å². The maximum atomic E-state index is 11.2. The van der Waals surface area contributed by atoms with Crippen LogP contribution in [0.4, 0.5) is 0 Å². The lowest BCUT2D eigenvalue weighted by Gasteiger charge is -1.99. The number of amides is 2. The van der Waals surface area contributed by atoms with Crippen molar-refractivity contribution in [2.75, 3.05) is 14.1 Å². The third-order valence-corrected chi connectivity index (χ3v) is 2.07. The fourth-order valence-corrected chi connectivity index (χ4v) is 1.15. The molecule has 0 spiro atoms. The summed E-state index contributed by atoms with van der Waals surface area (Å²) in [5.74, 6) is -0.280. The van der Waals surface area contributed by atoms with E-state index in [2.05, 4.69) is 10.6 Å². The second kappa shape index (κ2) is 5.70. The largest absolute Gasteiger partial charge is 0.356 e. The molecule has 4 heteroatoms. The molecule has 0 atom stereocenters. The Labute approximate surface area is 94.4 Å². The number of benzene rings is 1. The van der Waals surface area contributed by atoms with Crippen molar-refractivity contribution in [1.29, 1.82) is 0 Å². The lowest BCUT2D eigenvalue weighted by Crippen LogP contribution is -2.17. The predicted octanol–water partition coefficient (Wildman–Crippen LogP) is 0.805. The van der Waals surface area contributed by atoms with Gasteiger partial charge in [0, 0.05) is 25.7 Å². The van der Waals surface area contributed by atoms with E-state index in [4.69, 9.17) is 0 Å². The first-order valence-corrected chi connectivity index (χ1v) is 4.89. The first kappa shape index (κ1) is 12.0. The molecule has 16 heavy (non-hydrogen) atoms. The van der Waals surface area contributed by atoms with Crippen LogP contribution in [-0.4, -0.2) is 25.9 Å². The molecule has 0 fully saturated rings. The van der Waals surface area contributed by atoms with E-state index in [9.17, 15) is 9.59 Å². The lowest BCUT2D eigenvalue weighted by atomic mass is 10.1. The van der Waals surface area contributed by atoms with Crippen molar-refractivity contribution in [2.24, 2.45) is 0 Å². The Morgan fingerprint density at radius 3 is 2.19 bits per heavy atom. The van der Waals surface area contributed by atoms with Crippen LogP contribution in [-0.2, 0) is 4.79 Å². The quantitative estimate of drug-likeness (QED) is 0.737. The van der Waals surface area contributed by atoms with Crippen molar-refractivity contribution in [3.05, 3.63) is 41.5 Å². The summed E-state index contributed by atoms with van der Waals surface area (Å²) in [6.07, 6.45) is 3.13. The van der Waals surface area contributed by atoms with Crippen molar-refractivity contribution in [1.82, 2.24) is 10.6 Å². The van der Waals surface area contributed by atoms with Gasteiger partial charge in [0.2, 0.25) is 5.91 Å². The fraction of sp³-hybridized carbons (Fsp3) is 0.167. The number of nitrogens with one attached hydrogen (secondary N) is 2. The highest BCUT2D eigenvalue weighted by atomic mass is 16.2. The third-order valence-electron chi connectivity index (χ3n) is 2.07. The van der Waals surface area contributed by atoms with Gasteiger partial charge in [-0.25, -0.2) is 0 Å². The second-order valence-corrected chi connectivity index (χ2v) is 3.15. The minimum atomic E-state index is -0.157. The Kier molecular flexibility index (Phi) is 4.27. The van der Waals surface area contributed by atoms with Gasteiger partial charge in [0.25, 0.3) is 5.91 Å². The molecule has 2 amide bonds. The van der Waals surface area contributed by atoms with Crippen LogP contribution < -0.4 is 10.6 Å². The third kappa shape index (κ3) is 3.24. The maximum absolute atomic E-state index is 11.2. The summed E-state index contributed by atoms with van der Waals surface area (Å²) in [6, 6.07) is 6.98. The van der Waals surface area contributed by atoms with E-state index < -0.39 is 0 Å². The molecule has 0 aliphatic heterocycles. The average molecular weight is 218 g/mol. The van der Waals surface area contributed by atoms with Crippen molar-refractivity contribution in [3.8, 4) is 0 Å². The van der Waals surface area contributed by atoms with E-state index in [0.29, 0.717) is 5.56 Å². The number of hydrogen-bond acceptors (Lipinski definition) is 2. The Balaban J connectivity index is 2.75. The van der Waals surface area contributed by atoms with Crippen LogP contribution in [0.5, 0.6) is 0 Å². The molecule has 2 N–H and O–H groups in total. The smallest absolute Gasteiger partial charge is 0.251 e. The van der Waals surface area contributed by atoms with E-state index in [1.165, 1.54) is 6.08 Å². The molecule has 84 valence electrons. The first-order valence-electron chi connectivity index (χ1n) is 4.89. The molecule has 0 radical (unpaired) electrons. The van der Waals surface area contributed by atoms with Gasteiger partial charge in [-0.3, -0.25) is 9.59 Å². The summed E-state index contributed by atoms with van der Waals surface area (Å²) >= 11 is 0. The minimum absolute atomic E-state index is 0.123. The Hall–Kier alpha value is -2.10. The Morgan fingerprint density at radius 2 is 1.69 bits per heavy atom. The van der Waals surface area contributed by atoms with E-state index >= 15 is 0 Å². The summed E-state index contributed by atoms with van der Waals surface area (Å²) in [6.45, 7) is 0. The van der Waals surface area contributed by atoms with Crippen LogP contribution >= 0.6 is 0 Å². The number of carbonyl (C=O) groups excluding carboxylic acids is 2. The van der Waals surface area contributed by atoms with Gasteiger partial charge in [0.1, 0.15) is 0 Å². The summed E-state index contributed by atoms with van der Waals surface area (Å²) in [7, 11) is 3.16. The molecular weight excluding hydrogens is 204 g/mol. The molecule has 0 aliphatic carbocycles. The number of carbonyl (C=O) groups is 2. The van der Waals surface area contributed by atoms with E-state index in [0.717, 1.165) is 5.56 Å². The summed E-state index contributed by atoms with van der Waals surface area (Å²) in [5, 5.41) is 5.02. The van der Waals surface area contributed by atoms with Gasteiger partial charge in [-0.1, -0.05) is 12.1 Å². The SMILES string of the molecule is CNC(=O)C=Cc1ccc(C(=O)NC)cc1. The van der Waals surface area contributed by atoms with Crippen molar-refractivity contribution in [3.63, 3.8) is 0 Å². The Morgan fingerprint density at radius 1 is 1.06 bits per heavy atom. The van der Waals surface area contributed by atoms with Gasteiger partial charge in [0.05, 0.1) is 0 Å². The number of hydrogen-bond donors (Lipinski definition) is 2. The van der Waals surface area contributed by atoms with Crippen LogP contribution in [0.2, 0.25) is 0 Å². The zero-order valence-corrected chi connectivity index (χ0v) is 9.28. The molecule has 4 nitrogen and oxygen atoms in total. The van der Waals surface area contributed by atoms with E-state index in [1.54, 1.807) is 44.4 Å². The molecule has 0 aliphatic rings. The highest BCUT2D eigenvalue weighted by Gasteiger charge is 2.00. The van der Waals surface area contributed by atoms with Gasteiger partial charge in [0.15, 0.2) is 0 Å². The van der Waals surface area contributed by atoms with E-state index in [-0.39, 0.29) is 11.8 Å². The Bertz CT molecular complexity index is 408. The zero-order chi connectivity index (χ0) is 12.0. The van der Waals surface area contributed by atoms with Crippen LogP contribution in [0.25, 0.3) is 6.08 Å². The predicted molar refractivity (Wildman–Crippen MR) is 62.9 cm³/mol. The van der Waals surface area contributed by atoms with Gasteiger partial charge in [-0.15, -0.1) is 0 Å². The first-order chi connectivity index (χ1) is 7.67. The fourth-order valence-electron chi connectivity index (χ4n) is 1.15. The zero-order valence-electron chi connectivity index (χ0n) is 9.28. The van der Waals surface area contributed by atoms with Gasteiger partial charge >= 0.3 is 0 Å². The molecule has 1 aromatic rings. The molecule has 0 unspecified atom stereocenters. The van der Waals surface area contributed by atoms with Crippen molar-refractivity contribution >= 4 is 17.9 Å². The van der Waals surface area contributed by atoms with Crippen LogP contribution in [0, 0.1) is 0 Å². The highest BCUT2D eigenvalue weighted by Crippen LogP contribution is 2.05. The van der Waals surface area contributed by atoms with Gasteiger partial charge in [-0.05, 0) is 23.8 Å². The van der Waals surface area contributed by atoms with Crippen LogP contribution in [0.15, 0.2) is 30.3 Å². The summed E-state index contributed by atoms with van der Waals surface area (Å²) < 4.78 is 0. The number of likely N-dealkylation sites (N-methyl/N-ethyl adjacent to an activating group) is 1. The van der Waals surface area contributed by atoms with Crippen LogP contribution in [0.3, 0.4) is 0 Å². The molecule has 1 rings (SSSR count). The lowest BCUT2D eigenvalue weighted by molar-refractivity contribution is -0.115. The maximum Gasteiger partial charge on any atom is 0.251 e. The van der Waals surface area contributed by atoms with Crippen LogP contribution in [0.1, 0.15) is 15.9 Å². The summed E-state index contributed by atoms with van der Waals surface area (Å²) in [5.41, 5.74) is 1.47. The van der Waals surface area contributed by atoms with Crippen molar-refractivity contribution < 1.29 is 9.59 Å². The molecule has 0 heterocycles. The molecule has 0 saturated heterocycles. The van der Waals surface area contributed by atoms with Crippen molar-refractivity contribution in [2.45, 2.75) is 0 Å². The molecule has 0 bridgehead atoms. The highest BCUT2D eigenvalue weighted by molar-refractivity contribution is 5.94. The van der Waals surface area contributed by atoms with E-state index in [1.807, 2.05) is 0 Å². The monoisotopic (exact) mass is 218 g/mol. The normalized spacial score (nSPS) is 10.1.